The zero-order valence-corrected chi connectivity index (χ0v) is 11.9. The van der Waals surface area contributed by atoms with E-state index < -0.39 is 24.2 Å². The monoisotopic (exact) mass is 293 g/mol. The second kappa shape index (κ2) is 5.95. The van der Waals surface area contributed by atoms with Gasteiger partial charge in [0.1, 0.15) is 17.9 Å². The fraction of sp³-hybridized carbons (Fsp3) is 0.333. The van der Waals surface area contributed by atoms with Crippen LogP contribution in [-0.2, 0) is 4.79 Å². The predicted molar refractivity (Wildman–Crippen MR) is 74.7 cm³/mol. The molecule has 0 atom stereocenters. The summed E-state index contributed by atoms with van der Waals surface area (Å²) < 4.78 is 18.7. The molecule has 0 spiro atoms. The van der Waals surface area contributed by atoms with Crippen molar-refractivity contribution in [1.82, 2.24) is 4.90 Å². The number of carbonyl (C=O) groups excluding carboxylic acids is 1. The van der Waals surface area contributed by atoms with Gasteiger partial charge < -0.3 is 14.4 Å². The summed E-state index contributed by atoms with van der Waals surface area (Å²) in [5.41, 5.74) is 0.921. The molecule has 1 N–H and O–H groups in total. The average Bonchev–Trinajstić information content (AvgIpc) is 2.74. The number of carbonyl (C=O) groups is 2. The number of amides is 1. The number of hydrogen-bond donors (Lipinski definition) is 1. The summed E-state index contributed by atoms with van der Waals surface area (Å²) in [4.78, 5) is 24.5. The lowest BCUT2D eigenvalue weighted by Crippen LogP contribution is -2.36. The van der Waals surface area contributed by atoms with E-state index in [2.05, 4.69) is 0 Å². The fourth-order valence-electron chi connectivity index (χ4n) is 2.23. The van der Waals surface area contributed by atoms with Gasteiger partial charge in [-0.3, -0.25) is 9.59 Å². The van der Waals surface area contributed by atoms with Crippen LogP contribution >= 0.6 is 0 Å². The standard InChI is InChI=1S/C15H16FNO4/c1-3-6-17(8-13(18)19)15(20)14-9(2)11-7-10(16)4-5-12(11)21-14/h4-5,7H,3,6,8H2,1-2H3,(H,18,19). The average molecular weight is 293 g/mol. The van der Waals surface area contributed by atoms with E-state index in [1.54, 1.807) is 6.92 Å². The molecule has 0 saturated carbocycles. The molecule has 21 heavy (non-hydrogen) atoms. The Hall–Kier alpha value is -2.37. The molecule has 0 unspecified atom stereocenters. The van der Waals surface area contributed by atoms with Crippen LogP contribution in [0.5, 0.6) is 0 Å². The summed E-state index contributed by atoms with van der Waals surface area (Å²) in [7, 11) is 0. The largest absolute Gasteiger partial charge is 0.480 e. The highest BCUT2D eigenvalue weighted by Gasteiger charge is 2.24. The Labute approximate surface area is 121 Å². The quantitative estimate of drug-likeness (QED) is 0.920. The molecule has 0 bridgehead atoms. The van der Waals surface area contributed by atoms with E-state index in [-0.39, 0.29) is 5.76 Å². The first-order valence-electron chi connectivity index (χ1n) is 6.63. The highest BCUT2D eigenvalue weighted by molar-refractivity contribution is 5.99. The third kappa shape index (κ3) is 3.04. The molecule has 1 heterocycles. The highest BCUT2D eigenvalue weighted by Crippen LogP contribution is 2.27. The van der Waals surface area contributed by atoms with E-state index in [0.717, 1.165) is 0 Å². The molecule has 2 aromatic rings. The third-order valence-electron chi connectivity index (χ3n) is 3.20. The minimum atomic E-state index is -1.09. The molecule has 2 rings (SSSR count). The Kier molecular flexibility index (Phi) is 4.26. The molecule has 0 aliphatic rings. The maximum atomic E-state index is 13.3. The Morgan fingerprint density at radius 3 is 2.71 bits per heavy atom. The van der Waals surface area contributed by atoms with Crippen LogP contribution in [0.15, 0.2) is 22.6 Å². The summed E-state index contributed by atoms with van der Waals surface area (Å²) in [5, 5.41) is 9.40. The first-order chi connectivity index (χ1) is 9.93. The Morgan fingerprint density at radius 1 is 1.38 bits per heavy atom. The number of fused-ring (bicyclic) bond motifs is 1. The van der Waals surface area contributed by atoms with Crippen molar-refractivity contribution in [3.8, 4) is 0 Å². The van der Waals surface area contributed by atoms with E-state index in [4.69, 9.17) is 9.52 Å². The van der Waals surface area contributed by atoms with Gasteiger partial charge in [0, 0.05) is 17.5 Å². The van der Waals surface area contributed by atoms with Crippen molar-refractivity contribution in [2.24, 2.45) is 0 Å². The van der Waals surface area contributed by atoms with E-state index in [9.17, 15) is 14.0 Å². The molecule has 5 nitrogen and oxygen atoms in total. The number of aliphatic carboxylic acids is 1. The van der Waals surface area contributed by atoms with Gasteiger partial charge in [0.15, 0.2) is 5.76 Å². The number of halogens is 1. The Morgan fingerprint density at radius 2 is 2.10 bits per heavy atom. The van der Waals surface area contributed by atoms with Crippen molar-refractivity contribution >= 4 is 22.8 Å². The maximum Gasteiger partial charge on any atom is 0.323 e. The van der Waals surface area contributed by atoms with Gasteiger partial charge >= 0.3 is 5.97 Å². The van der Waals surface area contributed by atoms with Crippen LogP contribution in [0.2, 0.25) is 0 Å². The maximum absolute atomic E-state index is 13.3. The number of aryl methyl sites for hydroxylation is 1. The Balaban J connectivity index is 2.41. The molecule has 0 aliphatic carbocycles. The van der Waals surface area contributed by atoms with E-state index in [1.807, 2.05) is 6.92 Å². The number of nitrogens with zero attached hydrogens (tertiary/aromatic N) is 1. The van der Waals surface area contributed by atoms with Crippen molar-refractivity contribution in [3.63, 3.8) is 0 Å². The minimum absolute atomic E-state index is 0.0605. The van der Waals surface area contributed by atoms with Crippen molar-refractivity contribution < 1.29 is 23.5 Å². The van der Waals surface area contributed by atoms with E-state index >= 15 is 0 Å². The van der Waals surface area contributed by atoms with Gasteiger partial charge in [-0.25, -0.2) is 4.39 Å². The fourth-order valence-corrected chi connectivity index (χ4v) is 2.23. The van der Waals surface area contributed by atoms with Crippen molar-refractivity contribution in [2.75, 3.05) is 13.1 Å². The molecule has 0 aliphatic heterocycles. The topological polar surface area (TPSA) is 70.8 Å². The summed E-state index contributed by atoms with van der Waals surface area (Å²) in [6.45, 7) is 3.43. The number of carboxylic acid groups (broad SMARTS) is 1. The lowest BCUT2D eigenvalue weighted by Gasteiger charge is -2.18. The van der Waals surface area contributed by atoms with Crippen molar-refractivity contribution in [2.45, 2.75) is 20.3 Å². The SMILES string of the molecule is CCCN(CC(=O)O)C(=O)c1oc2ccc(F)cc2c1C. The van der Waals surface area contributed by atoms with Gasteiger partial charge in [0.05, 0.1) is 0 Å². The summed E-state index contributed by atoms with van der Waals surface area (Å²) in [6.07, 6.45) is 0.632. The van der Waals surface area contributed by atoms with Crippen LogP contribution in [0.25, 0.3) is 11.0 Å². The van der Waals surface area contributed by atoms with Crippen molar-refractivity contribution in [1.29, 1.82) is 0 Å². The zero-order valence-electron chi connectivity index (χ0n) is 11.9. The van der Waals surface area contributed by atoms with Gasteiger partial charge in [0.2, 0.25) is 0 Å². The highest BCUT2D eigenvalue weighted by atomic mass is 19.1. The van der Waals surface area contributed by atoms with Gasteiger partial charge in [-0.05, 0) is 31.5 Å². The summed E-state index contributed by atoms with van der Waals surface area (Å²) in [5.74, 6) is -1.93. The molecule has 0 saturated heterocycles. The number of furan rings is 1. The number of rotatable bonds is 5. The normalized spacial score (nSPS) is 10.8. The number of benzene rings is 1. The lowest BCUT2D eigenvalue weighted by atomic mass is 10.1. The summed E-state index contributed by atoms with van der Waals surface area (Å²) in [6, 6.07) is 4.00. The smallest absolute Gasteiger partial charge is 0.323 e. The molecule has 0 fully saturated rings. The molecule has 112 valence electrons. The van der Waals surface area contributed by atoms with Crippen LogP contribution in [0.3, 0.4) is 0 Å². The van der Waals surface area contributed by atoms with Gasteiger partial charge in [-0.15, -0.1) is 0 Å². The first-order valence-corrected chi connectivity index (χ1v) is 6.63. The van der Waals surface area contributed by atoms with Crippen LogP contribution in [-0.4, -0.2) is 35.0 Å². The molecule has 1 aromatic carbocycles. The minimum Gasteiger partial charge on any atom is -0.480 e. The van der Waals surface area contributed by atoms with E-state index in [0.29, 0.717) is 29.5 Å². The number of hydrogen-bond acceptors (Lipinski definition) is 3. The molecule has 1 aromatic heterocycles. The van der Waals surface area contributed by atoms with Gasteiger partial charge in [-0.2, -0.15) is 0 Å². The molecular weight excluding hydrogens is 277 g/mol. The first kappa shape index (κ1) is 15.0. The second-order valence-electron chi connectivity index (χ2n) is 4.82. The van der Waals surface area contributed by atoms with Gasteiger partial charge in [-0.1, -0.05) is 6.92 Å². The van der Waals surface area contributed by atoms with Crippen LogP contribution in [0.1, 0.15) is 29.5 Å². The van der Waals surface area contributed by atoms with Crippen molar-refractivity contribution in [3.05, 3.63) is 35.3 Å². The Bertz CT molecular complexity index is 692. The predicted octanol–water partition coefficient (Wildman–Crippen LogP) is 2.82. The zero-order chi connectivity index (χ0) is 15.6. The van der Waals surface area contributed by atoms with Crippen LogP contribution in [0, 0.1) is 12.7 Å². The summed E-state index contributed by atoms with van der Waals surface area (Å²) >= 11 is 0. The van der Waals surface area contributed by atoms with Crippen LogP contribution in [0.4, 0.5) is 4.39 Å². The van der Waals surface area contributed by atoms with Gasteiger partial charge in [0.25, 0.3) is 5.91 Å². The molecule has 0 radical (unpaired) electrons. The molecule has 6 heteroatoms. The van der Waals surface area contributed by atoms with E-state index in [1.165, 1.54) is 23.1 Å². The molecular formula is C15H16FNO4. The third-order valence-corrected chi connectivity index (χ3v) is 3.20. The second-order valence-corrected chi connectivity index (χ2v) is 4.82. The molecule has 1 amide bonds. The lowest BCUT2D eigenvalue weighted by molar-refractivity contribution is -0.137. The number of carboxylic acids is 1. The van der Waals surface area contributed by atoms with Crippen LogP contribution < -0.4 is 0 Å².